The minimum atomic E-state index is -0.952. The van der Waals surface area contributed by atoms with Crippen LogP contribution in [0.3, 0.4) is 0 Å². The smallest absolute Gasteiger partial charge is 0.321 e. The molecule has 3 amide bonds. The maximum Gasteiger partial charge on any atom is 0.321 e. The molecule has 0 rings (SSSR count). The number of nitrogens with one attached hydrogen (secondary N) is 2. The van der Waals surface area contributed by atoms with E-state index in [-0.39, 0.29) is 24.8 Å². The Bertz CT molecular complexity index is 345. The van der Waals surface area contributed by atoms with E-state index in [0.717, 1.165) is 13.0 Å². The summed E-state index contributed by atoms with van der Waals surface area (Å²) in [5.74, 6) is -1.71. The molecule has 0 aromatic heterocycles. The molecule has 116 valence electrons. The largest absolute Gasteiger partial charge is 0.481 e. The van der Waals surface area contributed by atoms with E-state index in [1.54, 1.807) is 6.92 Å². The van der Waals surface area contributed by atoms with Crippen LogP contribution in [-0.2, 0) is 9.59 Å². The Labute approximate surface area is 119 Å². The van der Waals surface area contributed by atoms with E-state index < -0.39 is 17.9 Å². The van der Waals surface area contributed by atoms with E-state index in [2.05, 4.69) is 10.6 Å². The molecule has 2 atom stereocenters. The van der Waals surface area contributed by atoms with Gasteiger partial charge in [0.1, 0.15) is 0 Å². The monoisotopic (exact) mass is 287 g/mol. The van der Waals surface area contributed by atoms with Crippen LogP contribution in [-0.4, -0.2) is 54.6 Å². The van der Waals surface area contributed by atoms with E-state index in [1.807, 2.05) is 25.9 Å². The number of amides is 3. The van der Waals surface area contributed by atoms with Gasteiger partial charge in [-0.2, -0.15) is 0 Å². The lowest BCUT2D eigenvalue weighted by molar-refractivity contribution is -0.138. The molecule has 0 fully saturated rings. The number of imide groups is 1. The lowest BCUT2D eigenvalue weighted by Crippen LogP contribution is -2.44. The summed E-state index contributed by atoms with van der Waals surface area (Å²) < 4.78 is 0. The minimum Gasteiger partial charge on any atom is -0.481 e. The fraction of sp³-hybridized carbons (Fsp3) is 0.769. The van der Waals surface area contributed by atoms with Gasteiger partial charge in [-0.05, 0) is 39.9 Å². The van der Waals surface area contributed by atoms with Crippen molar-refractivity contribution in [2.45, 2.75) is 39.2 Å². The van der Waals surface area contributed by atoms with Crippen molar-refractivity contribution in [3.8, 4) is 0 Å². The molecule has 0 aliphatic rings. The number of rotatable bonds is 8. The predicted molar refractivity (Wildman–Crippen MR) is 75.3 cm³/mol. The van der Waals surface area contributed by atoms with Gasteiger partial charge in [-0.25, -0.2) is 4.79 Å². The molecule has 7 heteroatoms. The Hall–Kier alpha value is -1.63. The predicted octanol–water partition coefficient (Wildman–Crippen LogP) is 0.653. The Morgan fingerprint density at radius 1 is 1.15 bits per heavy atom. The maximum absolute atomic E-state index is 11.5. The van der Waals surface area contributed by atoms with Crippen LogP contribution in [0, 0.1) is 5.92 Å². The van der Waals surface area contributed by atoms with Gasteiger partial charge >= 0.3 is 12.0 Å². The third kappa shape index (κ3) is 10.3. The van der Waals surface area contributed by atoms with E-state index in [0.29, 0.717) is 0 Å². The van der Waals surface area contributed by atoms with Crippen molar-refractivity contribution in [2.75, 3.05) is 20.6 Å². The van der Waals surface area contributed by atoms with Crippen molar-refractivity contribution < 1.29 is 19.5 Å². The summed E-state index contributed by atoms with van der Waals surface area (Å²) >= 11 is 0. The third-order valence-corrected chi connectivity index (χ3v) is 2.70. The molecule has 7 nitrogen and oxygen atoms in total. The number of urea groups is 1. The summed E-state index contributed by atoms with van der Waals surface area (Å²) in [6, 6.07) is -0.578. The van der Waals surface area contributed by atoms with Crippen LogP contribution in [0.15, 0.2) is 0 Å². The van der Waals surface area contributed by atoms with Crippen molar-refractivity contribution >= 4 is 17.9 Å². The summed E-state index contributed by atoms with van der Waals surface area (Å²) in [7, 11) is 3.89. The van der Waals surface area contributed by atoms with Crippen LogP contribution in [0.25, 0.3) is 0 Å². The van der Waals surface area contributed by atoms with Crippen LogP contribution in [0.1, 0.15) is 33.1 Å². The first-order valence-corrected chi connectivity index (χ1v) is 6.67. The van der Waals surface area contributed by atoms with Crippen molar-refractivity contribution in [3.63, 3.8) is 0 Å². The van der Waals surface area contributed by atoms with Gasteiger partial charge in [-0.15, -0.1) is 0 Å². The van der Waals surface area contributed by atoms with E-state index in [1.165, 1.54) is 0 Å². The number of hydrogen-bond acceptors (Lipinski definition) is 4. The highest BCUT2D eigenvalue weighted by molar-refractivity contribution is 5.94. The Balaban J connectivity index is 3.95. The van der Waals surface area contributed by atoms with Crippen LogP contribution in [0.5, 0.6) is 0 Å². The number of hydrogen-bond donors (Lipinski definition) is 3. The molecule has 3 N–H and O–H groups in total. The molecule has 2 unspecified atom stereocenters. The molecule has 0 spiro atoms. The zero-order valence-electron chi connectivity index (χ0n) is 12.6. The summed E-state index contributed by atoms with van der Waals surface area (Å²) in [6.07, 6.45) is 0.712. The lowest BCUT2D eigenvalue weighted by atomic mass is 10.0. The number of nitrogens with zero attached hydrogens (tertiary/aromatic N) is 1. The number of aliphatic carboxylic acids is 1. The van der Waals surface area contributed by atoms with Gasteiger partial charge in [-0.1, -0.05) is 6.92 Å². The van der Waals surface area contributed by atoms with Crippen LogP contribution >= 0.6 is 0 Å². The number of carbonyl (C=O) groups excluding carboxylic acids is 2. The Kier molecular flexibility index (Phi) is 8.54. The van der Waals surface area contributed by atoms with Crippen molar-refractivity contribution in [1.82, 2.24) is 15.5 Å². The highest BCUT2D eigenvalue weighted by Gasteiger charge is 2.15. The molecule has 0 aliphatic carbocycles. The maximum atomic E-state index is 11.5. The first kappa shape index (κ1) is 18.4. The molecule has 20 heavy (non-hydrogen) atoms. The van der Waals surface area contributed by atoms with Crippen molar-refractivity contribution in [2.24, 2.45) is 5.92 Å². The summed E-state index contributed by atoms with van der Waals surface area (Å²) in [5.41, 5.74) is 0. The van der Waals surface area contributed by atoms with Gasteiger partial charge < -0.3 is 15.3 Å². The molecule has 0 bridgehead atoms. The van der Waals surface area contributed by atoms with Gasteiger partial charge in [0, 0.05) is 18.9 Å². The van der Waals surface area contributed by atoms with Gasteiger partial charge in [0.2, 0.25) is 5.91 Å². The molecule has 0 saturated heterocycles. The quantitative estimate of drug-likeness (QED) is 0.609. The second kappa shape index (κ2) is 9.30. The summed E-state index contributed by atoms with van der Waals surface area (Å²) in [5, 5.41) is 13.5. The lowest BCUT2D eigenvalue weighted by Gasteiger charge is -2.17. The van der Waals surface area contributed by atoms with Gasteiger partial charge in [0.25, 0.3) is 0 Å². The molecule has 0 aromatic rings. The standard InChI is InChI=1S/C13H25N3O4/c1-9(8-12(18)19)7-11(17)15-13(20)14-10(2)5-6-16(3)4/h9-10H,5-8H2,1-4H3,(H,18,19)(H2,14,15,17,20). The number of carboxylic acid groups (broad SMARTS) is 1. The topological polar surface area (TPSA) is 98.7 Å². The van der Waals surface area contributed by atoms with Gasteiger partial charge in [-0.3, -0.25) is 14.9 Å². The average Bonchev–Trinajstić information content (AvgIpc) is 2.24. The fourth-order valence-corrected chi connectivity index (χ4v) is 1.65. The summed E-state index contributed by atoms with van der Waals surface area (Å²) in [4.78, 5) is 35.5. The number of carbonyl (C=O) groups is 3. The minimum absolute atomic E-state index is 0.0196. The SMILES string of the molecule is CC(CC(=O)O)CC(=O)NC(=O)NC(C)CCN(C)C. The van der Waals surface area contributed by atoms with E-state index >= 15 is 0 Å². The molecular weight excluding hydrogens is 262 g/mol. The first-order valence-electron chi connectivity index (χ1n) is 6.67. The first-order chi connectivity index (χ1) is 9.20. The average molecular weight is 287 g/mol. The van der Waals surface area contributed by atoms with Crippen molar-refractivity contribution in [3.05, 3.63) is 0 Å². The van der Waals surface area contributed by atoms with Gasteiger partial charge in [0.05, 0.1) is 0 Å². The Morgan fingerprint density at radius 2 is 1.75 bits per heavy atom. The fourth-order valence-electron chi connectivity index (χ4n) is 1.65. The second-order valence-electron chi connectivity index (χ2n) is 5.42. The highest BCUT2D eigenvalue weighted by Crippen LogP contribution is 2.06. The third-order valence-electron chi connectivity index (χ3n) is 2.70. The van der Waals surface area contributed by atoms with Crippen LogP contribution < -0.4 is 10.6 Å². The molecule has 0 radical (unpaired) electrons. The van der Waals surface area contributed by atoms with Crippen LogP contribution in [0.4, 0.5) is 4.79 Å². The molecule has 0 aliphatic heterocycles. The Morgan fingerprint density at radius 3 is 2.25 bits per heavy atom. The zero-order chi connectivity index (χ0) is 15.7. The summed E-state index contributed by atoms with van der Waals surface area (Å²) in [6.45, 7) is 4.36. The van der Waals surface area contributed by atoms with Crippen molar-refractivity contribution in [1.29, 1.82) is 0 Å². The zero-order valence-corrected chi connectivity index (χ0v) is 12.6. The van der Waals surface area contributed by atoms with E-state index in [4.69, 9.17) is 5.11 Å². The van der Waals surface area contributed by atoms with Crippen LogP contribution in [0.2, 0.25) is 0 Å². The van der Waals surface area contributed by atoms with E-state index in [9.17, 15) is 14.4 Å². The van der Waals surface area contributed by atoms with Gasteiger partial charge in [0.15, 0.2) is 0 Å². The molecule has 0 aromatic carbocycles. The second-order valence-corrected chi connectivity index (χ2v) is 5.42. The molecular formula is C13H25N3O4. The molecule has 0 saturated carbocycles. The highest BCUT2D eigenvalue weighted by atomic mass is 16.4. The molecule has 0 heterocycles. The normalized spacial score (nSPS) is 13.7. The number of carboxylic acids is 1.